The number of cyclic esters (lactones) is 1. The van der Waals surface area contributed by atoms with Gasteiger partial charge in [0.25, 0.3) is 0 Å². The minimum Gasteiger partial charge on any atom is -0.507 e. The zero-order valence-corrected chi connectivity index (χ0v) is 19.4. The summed E-state index contributed by atoms with van der Waals surface area (Å²) in [6.07, 6.45) is -0.332. The maximum atomic E-state index is 12.4. The maximum Gasteiger partial charge on any atom is 0.410 e. The van der Waals surface area contributed by atoms with Gasteiger partial charge in [-0.3, -0.25) is 14.7 Å². The lowest BCUT2D eigenvalue weighted by Gasteiger charge is -2.22. The van der Waals surface area contributed by atoms with Crippen LogP contribution in [0.15, 0.2) is 41.2 Å². The average Bonchev–Trinajstić information content (AvgIpc) is 3.32. The molecule has 0 saturated carbocycles. The van der Waals surface area contributed by atoms with Crippen LogP contribution in [0.4, 0.5) is 4.79 Å². The van der Waals surface area contributed by atoms with E-state index in [9.17, 15) is 19.8 Å². The zero-order chi connectivity index (χ0) is 23.7. The molecule has 1 aliphatic rings. The fraction of sp³-hybridized carbons (Fsp3) is 0.333. The molecule has 1 aromatic heterocycles. The summed E-state index contributed by atoms with van der Waals surface area (Å²) in [5.74, 6) is 0.826. The minimum absolute atomic E-state index is 0.0902. The van der Waals surface area contributed by atoms with Crippen LogP contribution in [0, 0.1) is 13.8 Å². The number of amides is 1. The van der Waals surface area contributed by atoms with E-state index in [1.165, 1.54) is 0 Å². The van der Waals surface area contributed by atoms with Crippen molar-refractivity contribution >= 4 is 17.4 Å². The second kappa shape index (κ2) is 9.19. The van der Waals surface area contributed by atoms with E-state index in [0.29, 0.717) is 30.2 Å². The van der Waals surface area contributed by atoms with E-state index < -0.39 is 6.10 Å². The number of hydrogen-bond donors (Lipinski definition) is 3. The molecule has 0 bridgehead atoms. The summed E-state index contributed by atoms with van der Waals surface area (Å²) in [4.78, 5) is 28.1. The molecule has 2 heterocycles. The van der Waals surface area contributed by atoms with E-state index in [4.69, 9.17) is 9.47 Å². The van der Waals surface area contributed by atoms with Gasteiger partial charge in [0.05, 0.1) is 17.5 Å². The molecule has 1 aliphatic heterocycles. The highest BCUT2D eigenvalue weighted by atomic mass is 32.1. The monoisotopic (exact) mass is 470 g/mol. The molecule has 1 fully saturated rings. The first-order valence-corrected chi connectivity index (χ1v) is 11.4. The standard InChI is InChI=1S/C24H26N2O6S/c1-13-8-17(9-14(2)21(13)27)19-11-26(24(30)32-19)15(3)12-31-18-6-4-16(5-7-18)10-20-22(28)25-23(29)33-20/h4-9,15,19,27-28H,10-12H2,1-3H3,(H,25,29). The Morgan fingerprint density at radius 2 is 1.85 bits per heavy atom. The highest BCUT2D eigenvalue weighted by molar-refractivity contribution is 7.09. The van der Waals surface area contributed by atoms with E-state index in [1.54, 1.807) is 4.90 Å². The van der Waals surface area contributed by atoms with E-state index in [-0.39, 0.29) is 28.6 Å². The maximum absolute atomic E-state index is 12.4. The Hall–Kier alpha value is -3.46. The van der Waals surface area contributed by atoms with E-state index in [2.05, 4.69) is 4.98 Å². The quantitative estimate of drug-likeness (QED) is 0.481. The van der Waals surface area contributed by atoms with Crippen molar-refractivity contribution in [2.75, 3.05) is 13.2 Å². The number of phenolic OH excluding ortho intramolecular Hbond substituents is 1. The Morgan fingerprint density at radius 1 is 1.18 bits per heavy atom. The molecule has 33 heavy (non-hydrogen) atoms. The summed E-state index contributed by atoms with van der Waals surface area (Å²) >= 11 is 0.988. The van der Waals surface area contributed by atoms with Gasteiger partial charge in [0.2, 0.25) is 5.88 Å². The van der Waals surface area contributed by atoms with E-state index >= 15 is 0 Å². The number of nitrogens with one attached hydrogen (secondary N) is 1. The molecule has 0 radical (unpaired) electrons. The molecule has 0 spiro atoms. The molecule has 1 amide bonds. The third-order valence-electron chi connectivity index (χ3n) is 5.74. The number of carbonyl (C=O) groups excluding carboxylic acids is 1. The van der Waals surface area contributed by atoms with Crippen molar-refractivity contribution in [3.05, 3.63) is 73.2 Å². The Bertz CT molecular complexity index is 1190. The van der Waals surface area contributed by atoms with Crippen LogP contribution >= 0.6 is 11.3 Å². The summed E-state index contributed by atoms with van der Waals surface area (Å²) in [5, 5.41) is 19.7. The molecule has 2 aromatic carbocycles. The second-order valence-electron chi connectivity index (χ2n) is 8.30. The third kappa shape index (κ3) is 4.98. The number of aromatic nitrogens is 1. The summed E-state index contributed by atoms with van der Waals surface area (Å²) in [6, 6.07) is 10.9. The Balaban J connectivity index is 1.34. The van der Waals surface area contributed by atoms with Crippen molar-refractivity contribution in [1.29, 1.82) is 0 Å². The number of aryl methyl sites for hydroxylation is 2. The third-order valence-corrected chi connectivity index (χ3v) is 6.61. The van der Waals surface area contributed by atoms with Crippen LogP contribution in [0.3, 0.4) is 0 Å². The number of H-pyrrole nitrogens is 1. The molecule has 2 unspecified atom stereocenters. The van der Waals surface area contributed by atoms with E-state index in [1.807, 2.05) is 57.2 Å². The molecule has 2 atom stereocenters. The Labute approximate surface area is 195 Å². The number of aromatic hydroxyl groups is 2. The average molecular weight is 471 g/mol. The normalized spacial score (nSPS) is 16.6. The molecule has 9 heteroatoms. The summed E-state index contributed by atoms with van der Waals surface area (Å²) in [7, 11) is 0. The van der Waals surface area contributed by atoms with Gasteiger partial charge in [-0.2, -0.15) is 0 Å². The number of carbonyl (C=O) groups is 1. The number of thiazole rings is 1. The summed E-state index contributed by atoms with van der Waals surface area (Å²) in [6.45, 7) is 6.27. The van der Waals surface area contributed by atoms with Crippen LogP contribution in [0.2, 0.25) is 0 Å². The van der Waals surface area contributed by atoms with Gasteiger partial charge in [0, 0.05) is 6.42 Å². The molecule has 4 rings (SSSR count). The Kier molecular flexibility index (Phi) is 6.33. The van der Waals surface area contributed by atoms with Crippen LogP contribution in [0.5, 0.6) is 17.4 Å². The van der Waals surface area contributed by atoms with Crippen molar-refractivity contribution in [3.63, 3.8) is 0 Å². The van der Waals surface area contributed by atoms with Gasteiger partial charge in [-0.25, -0.2) is 4.79 Å². The fourth-order valence-corrected chi connectivity index (χ4v) is 4.61. The van der Waals surface area contributed by atoms with Crippen LogP contribution in [0.1, 0.15) is 40.2 Å². The van der Waals surface area contributed by atoms with Gasteiger partial charge in [-0.15, -0.1) is 0 Å². The van der Waals surface area contributed by atoms with Gasteiger partial charge < -0.3 is 19.7 Å². The second-order valence-corrected chi connectivity index (χ2v) is 9.36. The van der Waals surface area contributed by atoms with Gasteiger partial charge in [-0.1, -0.05) is 23.5 Å². The van der Waals surface area contributed by atoms with Crippen LogP contribution < -0.4 is 9.61 Å². The van der Waals surface area contributed by atoms with Gasteiger partial charge >= 0.3 is 11.0 Å². The fourth-order valence-electron chi connectivity index (χ4n) is 3.86. The largest absolute Gasteiger partial charge is 0.507 e. The molecule has 1 saturated heterocycles. The van der Waals surface area contributed by atoms with Crippen LogP contribution in [-0.4, -0.2) is 45.4 Å². The van der Waals surface area contributed by atoms with Crippen molar-refractivity contribution < 1.29 is 24.5 Å². The smallest absolute Gasteiger partial charge is 0.410 e. The predicted molar refractivity (Wildman–Crippen MR) is 124 cm³/mol. The lowest BCUT2D eigenvalue weighted by Crippen LogP contribution is -2.38. The molecular weight excluding hydrogens is 444 g/mol. The molecule has 3 aromatic rings. The molecule has 174 valence electrons. The van der Waals surface area contributed by atoms with Crippen LogP contribution in [0.25, 0.3) is 0 Å². The zero-order valence-electron chi connectivity index (χ0n) is 18.6. The van der Waals surface area contributed by atoms with Gasteiger partial charge in [0.15, 0.2) is 0 Å². The number of ether oxygens (including phenoxy) is 2. The summed E-state index contributed by atoms with van der Waals surface area (Å²) < 4.78 is 11.4. The Morgan fingerprint density at radius 3 is 2.45 bits per heavy atom. The molecular formula is C24H26N2O6S. The number of rotatable bonds is 7. The van der Waals surface area contributed by atoms with Crippen molar-refractivity contribution in [2.24, 2.45) is 0 Å². The van der Waals surface area contributed by atoms with Gasteiger partial charge in [0.1, 0.15) is 24.2 Å². The van der Waals surface area contributed by atoms with Crippen molar-refractivity contribution in [3.8, 4) is 17.4 Å². The number of nitrogens with zero attached hydrogens (tertiary/aromatic N) is 1. The first-order chi connectivity index (χ1) is 15.7. The van der Waals surface area contributed by atoms with E-state index in [0.717, 1.165) is 33.6 Å². The molecule has 0 aliphatic carbocycles. The topological polar surface area (TPSA) is 112 Å². The summed E-state index contributed by atoms with van der Waals surface area (Å²) in [5.41, 5.74) is 3.30. The van der Waals surface area contributed by atoms with Crippen molar-refractivity contribution in [1.82, 2.24) is 9.88 Å². The highest BCUT2D eigenvalue weighted by Crippen LogP contribution is 2.32. The number of benzene rings is 2. The molecule has 3 N–H and O–H groups in total. The van der Waals surface area contributed by atoms with Crippen LogP contribution in [-0.2, 0) is 11.2 Å². The first kappa shape index (κ1) is 22.7. The number of aromatic amines is 1. The SMILES string of the molecule is Cc1cc(C2CN(C(C)COc3ccc(Cc4sc(=O)[nH]c4O)cc3)C(=O)O2)cc(C)c1O. The van der Waals surface area contributed by atoms with Crippen molar-refractivity contribution in [2.45, 2.75) is 39.3 Å². The van der Waals surface area contributed by atoms with Gasteiger partial charge in [-0.05, 0) is 67.3 Å². The first-order valence-electron chi connectivity index (χ1n) is 10.6. The molecule has 8 nitrogen and oxygen atoms in total. The lowest BCUT2D eigenvalue weighted by molar-refractivity contribution is 0.122. The predicted octanol–water partition coefficient (Wildman–Crippen LogP) is 4.02. The number of phenols is 1. The lowest BCUT2D eigenvalue weighted by atomic mass is 10.0. The highest BCUT2D eigenvalue weighted by Gasteiger charge is 2.35. The minimum atomic E-state index is -0.391. The number of hydrogen-bond acceptors (Lipinski definition) is 7.